The van der Waals surface area contributed by atoms with Gasteiger partial charge in [-0.3, -0.25) is 0 Å². The second-order valence-corrected chi connectivity index (χ2v) is 5.84. The fourth-order valence-corrected chi connectivity index (χ4v) is 2.88. The zero-order valence-corrected chi connectivity index (χ0v) is 10.7. The Morgan fingerprint density at radius 3 is 2.88 bits per heavy atom. The van der Waals surface area contributed by atoms with E-state index < -0.39 is 10.0 Å². The van der Waals surface area contributed by atoms with E-state index in [2.05, 4.69) is 4.72 Å². The quantitative estimate of drug-likeness (QED) is 0.511. The fraction of sp³-hybridized carbons (Fsp3) is 1.00. The van der Waals surface area contributed by atoms with Gasteiger partial charge in [0.2, 0.25) is 10.0 Å². The monoisotopic (exact) mass is 271 g/mol. The van der Waals surface area contributed by atoms with E-state index in [-0.39, 0.29) is 18.4 Å². The van der Waals surface area contributed by atoms with Gasteiger partial charge in [-0.1, -0.05) is 0 Å². The summed E-state index contributed by atoms with van der Waals surface area (Å²) in [6, 6.07) is 0. The van der Waals surface area contributed by atoms with Gasteiger partial charge in [-0.15, -0.1) is 11.6 Å². The first-order valence-corrected chi connectivity index (χ1v) is 7.55. The number of nitrogens with one attached hydrogen (secondary N) is 1. The summed E-state index contributed by atoms with van der Waals surface area (Å²) in [4.78, 5) is 0. The van der Waals surface area contributed by atoms with Crippen molar-refractivity contribution in [2.45, 2.75) is 18.9 Å². The lowest BCUT2D eigenvalue weighted by atomic mass is 10.3. The average molecular weight is 272 g/mol. The molecule has 0 bridgehead atoms. The average Bonchev–Trinajstić information content (AvgIpc) is 2.69. The van der Waals surface area contributed by atoms with Gasteiger partial charge in [0.1, 0.15) is 0 Å². The standard InChI is InChI=1S/C9H18ClNO4S/c10-3-6-14-7-4-11-16(12,13)8-9-2-1-5-15-9/h9,11H,1-8H2. The third kappa shape index (κ3) is 6.00. The van der Waals surface area contributed by atoms with Crippen LogP contribution in [0.2, 0.25) is 0 Å². The van der Waals surface area contributed by atoms with Gasteiger partial charge in [0.15, 0.2) is 0 Å². The maximum Gasteiger partial charge on any atom is 0.214 e. The molecule has 1 aliphatic rings. The molecule has 1 saturated heterocycles. The highest BCUT2D eigenvalue weighted by Gasteiger charge is 2.22. The van der Waals surface area contributed by atoms with Gasteiger partial charge in [0, 0.05) is 19.0 Å². The summed E-state index contributed by atoms with van der Waals surface area (Å²) in [7, 11) is -3.24. The Morgan fingerprint density at radius 1 is 1.44 bits per heavy atom. The number of rotatable bonds is 8. The molecule has 5 nitrogen and oxygen atoms in total. The van der Waals surface area contributed by atoms with Crippen LogP contribution in [0.5, 0.6) is 0 Å². The Hall–Kier alpha value is 0.120. The van der Waals surface area contributed by atoms with Gasteiger partial charge in [0.05, 0.1) is 25.1 Å². The molecule has 0 aromatic rings. The minimum atomic E-state index is -3.24. The third-order valence-electron chi connectivity index (χ3n) is 2.22. The van der Waals surface area contributed by atoms with Crippen molar-refractivity contribution < 1.29 is 17.9 Å². The lowest BCUT2D eigenvalue weighted by Crippen LogP contribution is -2.34. The third-order valence-corrected chi connectivity index (χ3v) is 3.83. The van der Waals surface area contributed by atoms with E-state index >= 15 is 0 Å². The molecule has 1 heterocycles. The van der Waals surface area contributed by atoms with Crippen LogP contribution < -0.4 is 4.72 Å². The summed E-state index contributed by atoms with van der Waals surface area (Å²) in [6.45, 7) is 1.73. The molecule has 0 aromatic carbocycles. The van der Waals surface area contributed by atoms with Crippen LogP contribution in [0.1, 0.15) is 12.8 Å². The summed E-state index contributed by atoms with van der Waals surface area (Å²) in [5.74, 6) is 0.463. The minimum absolute atomic E-state index is 0.0442. The Bertz CT molecular complexity index is 277. The normalized spacial score (nSPS) is 21.4. The van der Waals surface area contributed by atoms with E-state index in [1.165, 1.54) is 0 Å². The van der Waals surface area contributed by atoms with Crippen LogP contribution in [-0.2, 0) is 19.5 Å². The van der Waals surface area contributed by atoms with Crippen LogP contribution in [0, 0.1) is 0 Å². The van der Waals surface area contributed by atoms with E-state index in [9.17, 15) is 8.42 Å². The molecule has 1 fully saturated rings. The minimum Gasteiger partial charge on any atom is -0.379 e. The fourth-order valence-electron chi connectivity index (χ4n) is 1.51. The topological polar surface area (TPSA) is 64.6 Å². The smallest absolute Gasteiger partial charge is 0.214 e. The van der Waals surface area contributed by atoms with E-state index in [1.807, 2.05) is 0 Å². The number of hydrogen-bond donors (Lipinski definition) is 1. The second-order valence-electron chi connectivity index (χ2n) is 3.61. The zero-order chi connectivity index (χ0) is 11.9. The lowest BCUT2D eigenvalue weighted by molar-refractivity contribution is 0.127. The molecule has 1 aliphatic heterocycles. The highest BCUT2D eigenvalue weighted by molar-refractivity contribution is 7.89. The molecular weight excluding hydrogens is 254 g/mol. The Balaban J connectivity index is 2.13. The van der Waals surface area contributed by atoms with Crippen LogP contribution in [0.3, 0.4) is 0 Å². The largest absolute Gasteiger partial charge is 0.379 e. The van der Waals surface area contributed by atoms with E-state index in [1.54, 1.807) is 0 Å². The van der Waals surface area contributed by atoms with Gasteiger partial charge in [-0.05, 0) is 12.8 Å². The molecule has 7 heteroatoms. The molecule has 1 atom stereocenters. The molecule has 1 unspecified atom stereocenters. The molecule has 96 valence electrons. The van der Waals surface area contributed by atoms with Crippen molar-refractivity contribution in [2.24, 2.45) is 0 Å². The van der Waals surface area contributed by atoms with Gasteiger partial charge >= 0.3 is 0 Å². The molecule has 0 amide bonds. The predicted octanol–water partition coefficient (Wildman–Crippen LogP) is 0.340. The molecule has 0 aromatic heterocycles. The van der Waals surface area contributed by atoms with Crippen LogP contribution >= 0.6 is 11.6 Å². The molecule has 0 radical (unpaired) electrons. The SMILES string of the molecule is O=S(=O)(CC1CCCO1)NCCOCCCl. The van der Waals surface area contributed by atoms with Crippen LogP contribution in [-0.4, -0.2) is 52.5 Å². The van der Waals surface area contributed by atoms with Crippen molar-refractivity contribution in [3.63, 3.8) is 0 Å². The number of sulfonamides is 1. The van der Waals surface area contributed by atoms with Crippen LogP contribution in [0.4, 0.5) is 0 Å². The van der Waals surface area contributed by atoms with Gasteiger partial charge < -0.3 is 9.47 Å². The molecule has 1 rings (SSSR count). The first-order chi connectivity index (χ1) is 7.64. The first-order valence-electron chi connectivity index (χ1n) is 5.37. The van der Waals surface area contributed by atoms with Crippen LogP contribution in [0.15, 0.2) is 0 Å². The van der Waals surface area contributed by atoms with Gasteiger partial charge in [-0.2, -0.15) is 0 Å². The van der Waals surface area contributed by atoms with Crippen molar-refractivity contribution in [1.82, 2.24) is 4.72 Å². The summed E-state index contributed by atoms with van der Waals surface area (Å²) in [5.41, 5.74) is 0. The van der Waals surface area contributed by atoms with Crippen molar-refractivity contribution in [1.29, 1.82) is 0 Å². The van der Waals surface area contributed by atoms with Crippen molar-refractivity contribution >= 4 is 21.6 Å². The maximum atomic E-state index is 11.5. The second kappa shape index (κ2) is 7.45. The number of hydrogen-bond acceptors (Lipinski definition) is 4. The molecular formula is C9H18ClNO4S. The Labute approximate surface area is 101 Å². The van der Waals surface area contributed by atoms with Gasteiger partial charge in [0.25, 0.3) is 0 Å². The molecule has 0 saturated carbocycles. The van der Waals surface area contributed by atoms with Crippen molar-refractivity contribution in [3.8, 4) is 0 Å². The van der Waals surface area contributed by atoms with E-state index in [0.717, 1.165) is 12.8 Å². The zero-order valence-electron chi connectivity index (χ0n) is 9.15. The summed E-state index contributed by atoms with van der Waals surface area (Å²) in [5, 5.41) is 0. The molecule has 16 heavy (non-hydrogen) atoms. The molecule has 0 spiro atoms. The lowest BCUT2D eigenvalue weighted by Gasteiger charge is -2.11. The number of alkyl halides is 1. The first kappa shape index (κ1) is 14.2. The highest BCUT2D eigenvalue weighted by atomic mass is 35.5. The Morgan fingerprint density at radius 2 is 2.25 bits per heavy atom. The summed E-state index contributed by atoms with van der Waals surface area (Å²) >= 11 is 5.40. The predicted molar refractivity (Wildman–Crippen MR) is 62.3 cm³/mol. The van der Waals surface area contributed by atoms with E-state index in [0.29, 0.717) is 25.7 Å². The molecule has 1 N–H and O–H groups in total. The van der Waals surface area contributed by atoms with Crippen LogP contribution in [0.25, 0.3) is 0 Å². The summed E-state index contributed by atoms with van der Waals surface area (Å²) in [6.07, 6.45) is 1.61. The number of halogens is 1. The number of ether oxygens (including phenoxy) is 2. The van der Waals surface area contributed by atoms with Crippen molar-refractivity contribution in [3.05, 3.63) is 0 Å². The summed E-state index contributed by atoms with van der Waals surface area (Å²) < 4.78 is 35.9. The maximum absolute atomic E-state index is 11.5. The Kier molecular flexibility index (Phi) is 6.60. The molecule has 0 aliphatic carbocycles. The highest BCUT2D eigenvalue weighted by Crippen LogP contribution is 2.13. The van der Waals surface area contributed by atoms with E-state index in [4.69, 9.17) is 21.1 Å². The van der Waals surface area contributed by atoms with Gasteiger partial charge in [-0.25, -0.2) is 13.1 Å². The van der Waals surface area contributed by atoms with Crippen molar-refractivity contribution in [2.75, 3.05) is 38.0 Å².